The molecular weight excluding hydrogens is 418 g/mol. The number of carbonyl (C=O) groups excluding carboxylic acids is 1. The number of hydrogen-bond donors (Lipinski definition) is 1. The normalized spacial score (nSPS) is 10.8. The van der Waals surface area contributed by atoms with Crippen LogP contribution in [0.3, 0.4) is 0 Å². The Labute approximate surface area is 191 Å². The van der Waals surface area contributed by atoms with Crippen LogP contribution in [-0.2, 0) is 13.1 Å². The summed E-state index contributed by atoms with van der Waals surface area (Å²) in [4.78, 5) is 30.5. The summed E-state index contributed by atoms with van der Waals surface area (Å²) in [6.07, 6.45) is 0. The Morgan fingerprint density at radius 3 is 2.12 bits per heavy atom. The van der Waals surface area contributed by atoms with Gasteiger partial charge >= 0.3 is 0 Å². The van der Waals surface area contributed by atoms with Crippen molar-refractivity contribution in [3.8, 4) is 11.5 Å². The third-order valence-corrected chi connectivity index (χ3v) is 5.52. The van der Waals surface area contributed by atoms with Crippen LogP contribution in [0, 0.1) is 6.92 Å². The average molecular weight is 444 g/mol. The van der Waals surface area contributed by atoms with Crippen molar-refractivity contribution in [3.63, 3.8) is 0 Å². The van der Waals surface area contributed by atoms with Gasteiger partial charge in [0.1, 0.15) is 17.3 Å². The lowest BCUT2D eigenvalue weighted by molar-refractivity contribution is 0.0951. The van der Waals surface area contributed by atoms with Crippen LogP contribution >= 0.6 is 0 Å². The molecule has 33 heavy (non-hydrogen) atoms. The summed E-state index contributed by atoms with van der Waals surface area (Å²) in [6, 6.07) is 20.0. The minimum atomic E-state index is -0.255. The second-order valence-corrected chi connectivity index (χ2v) is 7.66. The first-order valence-electron chi connectivity index (χ1n) is 10.5. The maximum Gasteiger partial charge on any atom is 0.261 e. The van der Waals surface area contributed by atoms with Crippen molar-refractivity contribution >= 4 is 16.8 Å². The van der Waals surface area contributed by atoms with Gasteiger partial charge in [-0.15, -0.1) is 0 Å². The maximum absolute atomic E-state index is 13.2. The number of fused-ring (bicyclic) bond motifs is 1. The summed E-state index contributed by atoms with van der Waals surface area (Å²) in [6.45, 7) is 2.56. The van der Waals surface area contributed by atoms with Gasteiger partial charge in [0, 0.05) is 12.1 Å². The Hall–Kier alpha value is -4.13. The first-order valence-corrected chi connectivity index (χ1v) is 10.5. The fourth-order valence-electron chi connectivity index (χ4n) is 3.60. The molecule has 168 valence electrons. The largest absolute Gasteiger partial charge is 0.497 e. The van der Waals surface area contributed by atoms with E-state index < -0.39 is 0 Å². The molecule has 0 fully saturated rings. The van der Waals surface area contributed by atoms with E-state index in [4.69, 9.17) is 9.47 Å². The monoisotopic (exact) mass is 443 g/mol. The third kappa shape index (κ3) is 4.87. The van der Waals surface area contributed by atoms with Crippen molar-refractivity contribution in [2.45, 2.75) is 20.0 Å². The second kappa shape index (κ2) is 9.56. The number of benzene rings is 3. The number of aromatic nitrogens is 2. The van der Waals surface area contributed by atoms with E-state index in [0.29, 0.717) is 35.4 Å². The highest BCUT2D eigenvalue weighted by Crippen LogP contribution is 2.16. The SMILES string of the molecule is COc1ccc(CNC(=O)c2ccc3nc(C)n(Cc4ccc(OC)cc4)c(=O)c3c2)cc1. The Kier molecular flexibility index (Phi) is 6.40. The van der Waals surface area contributed by atoms with Crippen LogP contribution in [0.15, 0.2) is 71.5 Å². The topological polar surface area (TPSA) is 82.4 Å². The van der Waals surface area contributed by atoms with Crippen molar-refractivity contribution in [2.24, 2.45) is 0 Å². The van der Waals surface area contributed by atoms with Crippen molar-refractivity contribution in [1.29, 1.82) is 0 Å². The van der Waals surface area contributed by atoms with Crippen LogP contribution in [0.5, 0.6) is 11.5 Å². The van der Waals surface area contributed by atoms with Gasteiger partial charge in [0.15, 0.2) is 0 Å². The van der Waals surface area contributed by atoms with Gasteiger partial charge in [0.05, 0.1) is 31.7 Å². The smallest absolute Gasteiger partial charge is 0.261 e. The molecule has 4 aromatic rings. The first kappa shape index (κ1) is 22.1. The van der Waals surface area contributed by atoms with Gasteiger partial charge in [0.25, 0.3) is 11.5 Å². The van der Waals surface area contributed by atoms with Gasteiger partial charge in [-0.25, -0.2) is 4.98 Å². The van der Waals surface area contributed by atoms with Gasteiger partial charge < -0.3 is 14.8 Å². The summed E-state index contributed by atoms with van der Waals surface area (Å²) in [7, 11) is 3.22. The predicted octanol–water partition coefficient (Wildman–Crippen LogP) is 3.70. The van der Waals surface area contributed by atoms with Crippen LogP contribution in [-0.4, -0.2) is 29.7 Å². The number of nitrogens with one attached hydrogen (secondary N) is 1. The van der Waals surface area contributed by atoms with Crippen LogP contribution in [0.1, 0.15) is 27.3 Å². The van der Waals surface area contributed by atoms with Gasteiger partial charge in [-0.2, -0.15) is 0 Å². The number of amides is 1. The van der Waals surface area contributed by atoms with Crippen molar-refractivity contribution in [2.75, 3.05) is 14.2 Å². The number of rotatable bonds is 7. The summed E-state index contributed by atoms with van der Waals surface area (Å²) in [5.74, 6) is 1.87. The van der Waals surface area contributed by atoms with Gasteiger partial charge in [0.2, 0.25) is 0 Å². The number of ether oxygens (including phenoxy) is 2. The van der Waals surface area contributed by atoms with Crippen molar-refractivity contribution in [1.82, 2.24) is 14.9 Å². The van der Waals surface area contributed by atoms with E-state index in [1.54, 1.807) is 43.9 Å². The molecule has 1 N–H and O–H groups in total. The molecule has 0 aliphatic heterocycles. The molecule has 0 spiro atoms. The highest BCUT2D eigenvalue weighted by atomic mass is 16.5. The minimum Gasteiger partial charge on any atom is -0.497 e. The molecule has 0 aliphatic rings. The zero-order valence-corrected chi connectivity index (χ0v) is 18.8. The van der Waals surface area contributed by atoms with Crippen molar-refractivity contribution in [3.05, 3.63) is 99.6 Å². The molecule has 1 heterocycles. The predicted molar refractivity (Wildman–Crippen MR) is 127 cm³/mol. The molecule has 0 atom stereocenters. The molecule has 1 amide bonds. The second-order valence-electron chi connectivity index (χ2n) is 7.66. The quantitative estimate of drug-likeness (QED) is 0.471. The fraction of sp³-hybridized carbons (Fsp3) is 0.192. The summed E-state index contributed by atoms with van der Waals surface area (Å²) < 4.78 is 12.0. The van der Waals surface area contributed by atoms with E-state index in [1.165, 1.54) is 0 Å². The van der Waals surface area contributed by atoms with Crippen LogP contribution in [0.4, 0.5) is 0 Å². The average Bonchev–Trinajstić information content (AvgIpc) is 2.85. The van der Waals surface area contributed by atoms with Crippen LogP contribution < -0.4 is 20.3 Å². The van der Waals surface area contributed by atoms with Gasteiger partial charge in [-0.05, 0) is 60.5 Å². The highest BCUT2D eigenvalue weighted by molar-refractivity contribution is 5.97. The van der Waals surface area contributed by atoms with Crippen LogP contribution in [0.2, 0.25) is 0 Å². The lowest BCUT2D eigenvalue weighted by atomic mass is 10.1. The number of nitrogens with zero attached hydrogens (tertiary/aromatic N) is 2. The minimum absolute atomic E-state index is 0.182. The lowest BCUT2D eigenvalue weighted by Crippen LogP contribution is -2.26. The van der Waals surface area contributed by atoms with Gasteiger partial charge in [-0.3, -0.25) is 14.2 Å². The van der Waals surface area contributed by atoms with E-state index in [0.717, 1.165) is 22.6 Å². The first-order chi connectivity index (χ1) is 16.0. The molecule has 1 aromatic heterocycles. The molecule has 3 aromatic carbocycles. The molecule has 7 heteroatoms. The van der Waals surface area contributed by atoms with Crippen LogP contribution in [0.25, 0.3) is 10.9 Å². The Bertz CT molecular complexity index is 1340. The molecule has 0 saturated carbocycles. The third-order valence-electron chi connectivity index (χ3n) is 5.52. The molecule has 7 nitrogen and oxygen atoms in total. The lowest BCUT2D eigenvalue weighted by Gasteiger charge is -2.12. The van der Waals surface area contributed by atoms with Gasteiger partial charge in [-0.1, -0.05) is 24.3 Å². The number of carbonyl (C=O) groups is 1. The zero-order valence-electron chi connectivity index (χ0n) is 18.8. The molecule has 4 rings (SSSR count). The number of aryl methyl sites for hydroxylation is 1. The molecule has 0 unspecified atom stereocenters. The fourth-order valence-corrected chi connectivity index (χ4v) is 3.60. The molecule has 0 bridgehead atoms. The Morgan fingerprint density at radius 2 is 1.52 bits per heavy atom. The zero-order chi connectivity index (χ0) is 23.4. The van der Waals surface area contributed by atoms with E-state index >= 15 is 0 Å². The summed E-state index contributed by atoms with van der Waals surface area (Å²) in [5, 5.41) is 3.30. The number of methoxy groups -OCH3 is 2. The van der Waals surface area contributed by atoms with E-state index in [1.807, 2.05) is 48.5 Å². The molecular formula is C26H25N3O4. The standard InChI is InChI=1S/C26H25N3O4/c1-17-28-24-13-8-20(25(30)27-15-18-4-9-21(32-2)10-5-18)14-23(24)26(31)29(17)16-19-6-11-22(33-3)12-7-19/h4-14H,15-16H2,1-3H3,(H,27,30). The van der Waals surface area contributed by atoms with Crippen molar-refractivity contribution < 1.29 is 14.3 Å². The Balaban J connectivity index is 1.57. The summed E-state index contributed by atoms with van der Waals surface area (Å²) in [5.41, 5.74) is 2.70. The van der Waals surface area contributed by atoms with E-state index in [9.17, 15) is 9.59 Å². The van der Waals surface area contributed by atoms with E-state index in [-0.39, 0.29) is 11.5 Å². The molecule has 0 radical (unpaired) electrons. The number of hydrogen-bond acceptors (Lipinski definition) is 5. The maximum atomic E-state index is 13.2. The molecule has 0 saturated heterocycles. The molecule has 0 aliphatic carbocycles. The Morgan fingerprint density at radius 1 is 0.909 bits per heavy atom. The highest BCUT2D eigenvalue weighted by Gasteiger charge is 2.13. The van der Waals surface area contributed by atoms with E-state index in [2.05, 4.69) is 10.3 Å². The summed E-state index contributed by atoms with van der Waals surface area (Å²) >= 11 is 0.